The van der Waals surface area contributed by atoms with Crippen molar-refractivity contribution in [1.29, 1.82) is 0 Å². The summed E-state index contributed by atoms with van der Waals surface area (Å²) in [5.41, 5.74) is 6.14. The first-order valence-corrected chi connectivity index (χ1v) is 12.5. The van der Waals surface area contributed by atoms with Crippen molar-refractivity contribution in [3.8, 4) is 0 Å². The van der Waals surface area contributed by atoms with Gasteiger partial charge in [-0.1, -0.05) is 19.9 Å². The molecule has 3 fully saturated rings. The lowest BCUT2D eigenvalue weighted by atomic mass is 9.44. The Morgan fingerprint density at radius 2 is 1.91 bits per heavy atom. The standard InChI is InChI=1S/C27H37N3O2/c1-17(29-30-25(32)18-10-14-28-15-11-18)22-6-7-23-21-5-4-19-16-20(31)8-12-26(19,2)24(21)9-13-27(22,23)3/h6,10-11,14-15,19-21,23-24,31H,4-5,7-9,12-13,16H2,1-3H3,(H,30,32)/b29-17+/t19-,20-,21+,23+,24+,26-,27+/m0/s1. The second kappa shape index (κ2) is 8.09. The Morgan fingerprint density at radius 1 is 1.12 bits per heavy atom. The highest BCUT2D eigenvalue weighted by molar-refractivity contribution is 6.01. The number of hydrazone groups is 1. The van der Waals surface area contributed by atoms with Gasteiger partial charge in [-0.05, 0) is 110 Å². The molecule has 0 bridgehead atoms. The summed E-state index contributed by atoms with van der Waals surface area (Å²) >= 11 is 0. The summed E-state index contributed by atoms with van der Waals surface area (Å²) < 4.78 is 0. The van der Waals surface area contributed by atoms with Crippen molar-refractivity contribution < 1.29 is 9.90 Å². The molecule has 0 radical (unpaired) electrons. The molecule has 1 heterocycles. The lowest BCUT2D eigenvalue weighted by molar-refractivity contribution is -0.117. The minimum Gasteiger partial charge on any atom is -0.393 e. The number of pyridine rings is 1. The van der Waals surface area contributed by atoms with Crippen molar-refractivity contribution in [2.45, 2.75) is 78.2 Å². The van der Waals surface area contributed by atoms with Gasteiger partial charge < -0.3 is 5.11 Å². The van der Waals surface area contributed by atoms with Gasteiger partial charge in [0.25, 0.3) is 5.91 Å². The van der Waals surface area contributed by atoms with Crippen LogP contribution in [-0.4, -0.2) is 27.8 Å². The molecule has 1 aromatic rings. The Morgan fingerprint density at radius 3 is 2.69 bits per heavy atom. The van der Waals surface area contributed by atoms with Crippen molar-refractivity contribution in [2.24, 2.45) is 39.6 Å². The molecule has 3 saturated carbocycles. The minimum atomic E-state index is -0.193. The van der Waals surface area contributed by atoms with Crippen LogP contribution in [0.4, 0.5) is 0 Å². The van der Waals surface area contributed by atoms with Gasteiger partial charge in [-0.15, -0.1) is 0 Å². The van der Waals surface area contributed by atoms with Crippen LogP contribution in [0.3, 0.4) is 0 Å². The van der Waals surface area contributed by atoms with Gasteiger partial charge >= 0.3 is 0 Å². The summed E-state index contributed by atoms with van der Waals surface area (Å²) in [6.07, 6.45) is 14.9. The maximum absolute atomic E-state index is 12.4. The van der Waals surface area contributed by atoms with E-state index in [-0.39, 0.29) is 17.4 Å². The van der Waals surface area contributed by atoms with Crippen LogP contribution < -0.4 is 5.43 Å². The maximum atomic E-state index is 12.4. The topological polar surface area (TPSA) is 74.6 Å². The second-order valence-electron chi connectivity index (χ2n) is 11.3. The number of hydrogen-bond donors (Lipinski definition) is 2. The SMILES string of the molecule is C/C(=N\NC(=O)c1ccncc1)C1=CC[C@@H]2[C@H]3CC[C@H]4C[C@@H](O)CC[C@]4(C)[C@@H]3CC[C@]12C. The van der Waals surface area contributed by atoms with Crippen LogP contribution in [0.25, 0.3) is 0 Å². The zero-order valence-corrected chi connectivity index (χ0v) is 19.7. The second-order valence-corrected chi connectivity index (χ2v) is 11.3. The van der Waals surface area contributed by atoms with Gasteiger partial charge in [-0.25, -0.2) is 5.43 Å². The molecule has 0 aromatic carbocycles. The molecule has 0 aliphatic heterocycles. The molecule has 1 amide bonds. The van der Waals surface area contributed by atoms with E-state index in [1.54, 1.807) is 24.5 Å². The molecule has 4 aliphatic rings. The summed E-state index contributed by atoms with van der Waals surface area (Å²) in [5, 5.41) is 14.8. The van der Waals surface area contributed by atoms with Gasteiger partial charge in [-0.2, -0.15) is 5.10 Å². The zero-order valence-electron chi connectivity index (χ0n) is 19.7. The molecule has 32 heavy (non-hydrogen) atoms. The molecule has 1 aromatic heterocycles. The third-order valence-electron chi connectivity index (χ3n) is 9.88. The summed E-state index contributed by atoms with van der Waals surface area (Å²) in [6, 6.07) is 3.41. The lowest BCUT2D eigenvalue weighted by Crippen LogP contribution is -2.53. The van der Waals surface area contributed by atoms with Gasteiger partial charge in [-0.3, -0.25) is 9.78 Å². The molecule has 5 rings (SSSR count). The molecule has 5 nitrogen and oxygen atoms in total. The molecule has 0 spiro atoms. The largest absolute Gasteiger partial charge is 0.393 e. The quantitative estimate of drug-likeness (QED) is 0.511. The Labute approximate surface area is 191 Å². The molecule has 5 heteroatoms. The van der Waals surface area contributed by atoms with Crippen molar-refractivity contribution in [1.82, 2.24) is 10.4 Å². The van der Waals surface area contributed by atoms with Crippen LogP contribution in [0.5, 0.6) is 0 Å². The number of aromatic nitrogens is 1. The van der Waals surface area contributed by atoms with Gasteiger partial charge in [0.2, 0.25) is 0 Å². The number of nitrogens with zero attached hydrogens (tertiary/aromatic N) is 2. The fraction of sp³-hybridized carbons (Fsp3) is 0.667. The first-order valence-electron chi connectivity index (χ1n) is 12.5. The predicted molar refractivity (Wildman–Crippen MR) is 126 cm³/mol. The third-order valence-corrected chi connectivity index (χ3v) is 9.88. The fourth-order valence-electron chi connectivity index (χ4n) is 8.13. The molecular weight excluding hydrogens is 398 g/mol. The molecule has 0 saturated heterocycles. The molecule has 172 valence electrons. The number of amides is 1. The van der Waals surface area contributed by atoms with E-state index >= 15 is 0 Å². The number of nitrogens with one attached hydrogen (secondary N) is 1. The average molecular weight is 436 g/mol. The minimum absolute atomic E-state index is 0.0838. The first-order chi connectivity index (χ1) is 15.3. The maximum Gasteiger partial charge on any atom is 0.271 e. The fourth-order valence-corrected chi connectivity index (χ4v) is 8.13. The van der Waals surface area contributed by atoms with E-state index in [9.17, 15) is 9.90 Å². The summed E-state index contributed by atoms with van der Waals surface area (Å²) in [5.74, 6) is 2.71. The van der Waals surface area contributed by atoms with Crippen molar-refractivity contribution in [3.05, 3.63) is 41.7 Å². The predicted octanol–water partition coefficient (Wildman–Crippen LogP) is 5.13. The van der Waals surface area contributed by atoms with Crippen molar-refractivity contribution in [3.63, 3.8) is 0 Å². The van der Waals surface area contributed by atoms with Crippen LogP contribution >= 0.6 is 0 Å². The number of hydrogen-bond acceptors (Lipinski definition) is 4. The first kappa shape index (κ1) is 21.8. The van der Waals surface area contributed by atoms with Gasteiger partial charge in [0, 0.05) is 18.0 Å². The van der Waals surface area contributed by atoms with Crippen LogP contribution in [0.15, 0.2) is 41.3 Å². The highest BCUT2D eigenvalue weighted by Gasteiger charge is 2.58. The monoisotopic (exact) mass is 435 g/mol. The zero-order chi connectivity index (χ0) is 22.5. The Kier molecular flexibility index (Phi) is 5.51. The van der Waals surface area contributed by atoms with Gasteiger partial charge in [0.1, 0.15) is 0 Å². The number of carbonyl (C=O) groups is 1. The van der Waals surface area contributed by atoms with Crippen LogP contribution in [-0.2, 0) is 0 Å². The van der Waals surface area contributed by atoms with E-state index in [0.29, 0.717) is 22.8 Å². The summed E-state index contributed by atoms with van der Waals surface area (Å²) in [7, 11) is 0. The number of aliphatic hydroxyl groups excluding tert-OH is 1. The summed E-state index contributed by atoms with van der Waals surface area (Å²) in [6.45, 7) is 7.02. The molecule has 0 unspecified atom stereocenters. The van der Waals surface area contributed by atoms with E-state index < -0.39 is 0 Å². The lowest BCUT2D eigenvalue weighted by Gasteiger charge is -2.60. The van der Waals surface area contributed by atoms with E-state index in [2.05, 4.69) is 35.4 Å². The smallest absolute Gasteiger partial charge is 0.271 e. The van der Waals surface area contributed by atoms with Gasteiger partial charge in [0.05, 0.1) is 11.8 Å². The number of fused-ring (bicyclic) bond motifs is 5. The highest BCUT2D eigenvalue weighted by Crippen LogP contribution is 2.66. The van der Waals surface area contributed by atoms with E-state index in [0.717, 1.165) is 36.8 Å². The van der Waals surface area contributed by atoms with Crippen molar-refractivity contribution in [2.75, 3.05) is 0 Å². The Hall–Kier alpha value is -2.01. The van der Waals surface area contributed by atoms with Crippen LogP contribution in [0.2, 0.25) is 0 Å². The van der Waals surface area contributed by atoms with Crippen LogP contribution in [0.1, 0.15) is 82.5 Å². The normalized spacial score (nSPS) is 41.2. The number of aliphatic hydroxyl groups is 1. The van der Waals surface area contributed by atoms with Gasteiger partial charge in [0.15, 0.2) is 0 Å². The van der Waals surface area contributed by atoms with E-state index in [4.69, 9.17) is 0 Å². The Balaban J connectivity index is 1.32. The number of allylic oxidation sites excluding steroid dienone is 2. The third kappa shape index (κ3) is 3.44. The molecular formula is C27H37N3O2. The molecule has 2 N–H and O–H groups in total. The van der Waals surface area contributed by atoms with E-state index in [1.165, 1.54) is 37.7 Å². The Bertz CT molecular complexity index is 941. The average Bonchev–Trinajstić information content (AvgIpc) is 3.15. The summed E-state index contributed by atoms with van der Waals surface area (Å²) in [4.78, 5) is 16.4. The highest BCUT2D eigenvalue weighted by atomic mass is 16.3. The van der Waals surface area contributed by atoms with Crippen LogP contribution in [0, 0.1) is 34.5 Å². The number of carbonyl (C=O) groups excluding carboxylic acids is 1. The molecule has 4 aliphatic carbocycles. The van der Waals surface area contributed by atoms with E-state index in [1.807, 2.05) is 6.92 Å². The number of rotatable bonds is 3. The molecule has 7 atom stereocenters. The van der Waals surface area contributed by atoms with Crippen molar-refractivity contribution >= 4 is 11.6 Å².